The molecule has 3 unspecified atom stereocenters. The highest BCUT2D eigenvalue weighted by Crippen LogP contribution is 2.39. The molecule has 2 bridgehead atoms. The summed E-state index contributed by atoms with van der Waals surface area (Å²) >= 11 is 0. The van der Waals surface area contributed by atoms with E-state index >= 15 is 0 Å². The van der Waals surface area contributed by atoms with Crippen LogP contribution in [0.4, 0.5) is 0 Å². The van der Waals surface area contributed by atoms with Gasteiger partial charge >= 0.3 is 0 Å². The van der Waals surface area contributed by atoms with Crippen molar-refractivity contribution < 1.29 is 9.26 Å². The van der Waals surface area contributed by atoms with Crippen molar-refractivity contribution in [1.29, 1.82) is 0 Å². The maximum absolute atomic E-state index is 5.41. The van der Waals surface area contributed by atoms with Crippen LogP contribution < -0.4 is 5.32 Å². The Morgan fingerprint density at radius 2 is 2.41 bits per heavy atom. The first-order valence-electron chi connectivity index (χ1n) is 6.53. The lowest BCUT2D eigenvalue weighted by Gasteiger charge is -2.15. The van der Waals surface area contributed by atoms with Gasteiger partial charge in [-0.2, -0.15) is 4.98 Å². The second-order valence-corrected chi connectivity index (χ2v) is 4.99. The Hall–Kier alpha value is -0.940. The van der Waals surface area contributed by atoms with Gasteiger partial charge in [-0.05, 0) is 25.7 Å². The molecule has 3 atom stereocenters. The van der Waals surface area contributed by atoms with Crippen LogP contribution in [0.25, 0.3) is 0 Å². The number of aromatic nitrogens is 2. The monoisotopic (exact) mass is 237 g/mol. The predicted octanol–water partition coefficient (Wildman–Crippen LogP) is 1.60. The fourth-order valence-electron chi connectivity index (χ4n) is 2.88. The summed E-state index contributed by atoms with van der Waals surface area (Å²) in [6, 6.07) is 1.21. The Balaban J connectivity index is 1.60. The van der Waals surface area contributed by atoms with E-state index in [4.69, 9.17) is 9.26 Å². The molecule has 94 valence electrons. The lowest BCUT2D eigenvalue weighted by Crippen LogP contribution is -2.21. The lowest BCUT2D eigenvalue weighted by molar-refractivity contribution is 0.114. The molecule has 0 saturated carbocycles. The first-order valence-corrected chi connectivity index (χ1v) is 6.53. The van der Waals surface area contributed by atoms with E-state index in [0.29, 0.717) is 30.4 Å². The van der Waals surface area contributed by atoms with E-state index in [0.717, 1.165) is 25.3 Å². The lowest BCUT2D eigenvalue weighted by atomic mass is 9.89. The Bertz CT molecular complexity index is 380. The number of fused-ring (bicyclic) bond motifs is 2. The van der Waals surface area contributed by atoms with Gasteiger partial charge < -0.3 is 14.6 Å². The molecular weight excluding hydrogens is 218 g/mol. The molecule has 1 aromatic rings. The third-order valence-corrected chi connectivity index (χ3v) is 3.68. The Kier molecular flexibility index (Phi) is 3.11. The third-order valence-electron chi connectivity index (χ3n) is 3.68. The molecule has 2 fully saturated rings. The molecule has 0 spiro atoms. The van der Waals surface area contributed by atoms with Crippen LogP contribution in [0.5, 0.6) is 0 Å². The largest absolute Gasteiger partial charge is 0.373 e. The van der Waals surface area contributed by atoms with Crippen LogP contribution >= 0.6 is 0 Å². The minimum Gasteiger partial charge on any atom is -0.373 e. The van der Waals surface area contributed by atoms with Gasteiger partial charge in [-0.25, -0.2) is 0 Å². The topological polar surface area (TPSA) is 60.2 Å². The van der Waals surface area contributed by atoms with Crippen LogP contribution in [0, 0.1) is 0 Å². The van der Waals surface area contributed by atoms with Crippen molar-refractivity contribution in [3.63, 3.8) is 0 Å². The van der Waals surface area contributed by atoms with Crippen molar-refractivity contribution in [1.82, 2.24) is 15.5 Å². The quantitative estimate of drug-likeness (QED) is 0.788. The molecular formula is C12H19N3O2. The molecule has 1 N–H and O–H groups in total. The molecule has 1 aromatic heterocycles. The standard InChI is InChI=1S/C12H19N3O2/c1-2-5-16-7-11-14-12(17-15-11)9-6-8-3-4-10(9)13-8/h8-10,13H,2-7H2,1H3. The van der Waals surface area contributed by atoms with Gasteiger partial charge in [0.15, 0.2) is 5.82 Å². The van der Waals surface area contributed by atoms with Crippen molar-refractivity contribution in [3.8, 4) is 0 Å². The van der Waals surface area contributed by atoms with E-state index in [-0.39, 0.29) is 0 Å². The number of hydrogen-bond acceptors (Lipinski definition) is 5. The smallest absolute Gasteiger partial charge is 0.231 e. The summed E-state index contributed by atoms with van der Waals surface area (Å²) < 4.78 is 10.8. The first-order chi connectivity index (χ1) is 8.36. The number of rotatable bonds is 5. The summed E-state index contributed by atoms with van der Waals surface area (Å²) in [6.07, 6.45) is 4.68. The predicted molar refractivity (Wildman–Crippen MR) is 61.5 cm³/mol. The Morgan fingerprint density at radius 1 is 1.47 bits per heavy atom. The van der Waals surface area contributed by atoms with Gasteiger partial charge in [0.05, 0.1) is 5.92 Å². The molecule has 5 nitrogen and oxygen atoms in total. The van der Waals surface area contributed by atoms with Gasteiger partial charge in [0, 0.05) is 18.7 Å². The molecule has 0 aliphatic carbocycles. The van der Waals surface area contributed by atoms with Crippen LogP contribution in [-0.4, -0.2) is 28.8 Å². The second kappa shape index (κ2) is 4.74. The molecule has 0 radical (unpaired) electrons. The maximum Gasteiger partial charge on any atom is 0.231 e. The van der Waals surface area contributed by atoms with Crippen molar-refractivity contribution in [2.24, 2.45) is 0 Å². The van der Waals surface area contributed by atoms with Crippen molar-refractivity contribution >= 4 is 0 Å². The van der Waals surface area contributed by atoms with Crippen molar-refractivity contribution in [3.05, 3.63) is 11.7 Å². The van der Waals surface area contributed by atoms with Crippen LogP contribution in [0.15, 0.2) is 4.52 Å². The molecule has 3 rings (SSSR count). The molecule has 5 heteroatoms. The summed E-state index contributed by atoms with van der Waals surface area (Å²) in [5, 5.41) is 7.56. The van der Waals surface area contributed by atoms with E-state index < -0.39 is 0 Å². The van der Waals surface area contributed by atoms with Gasteiger partial charge in [0.25, 0.3) is 0 Å². The number of hydrogen-bond donors (Lipinski definition) is 1. The highest BCUT2D eigenvalue weighted by Gasteiger charge is 2.42. The van der Waals surface area contributed by atoms with Crippen LogP contribution in [0.3, 0.4) is 0 Å². The normalized spacial score (nSPS) is 31.2. The van der Waals surface area contributed by atoms with Crippen LogP contribution in [0.1, 0.15) is 50.2 Å². The zero-order valence-electron chi connectivity index (χ0n) is 10.2. The fraction of sp³-hybridized carbons (Fsp3) is 0.833. The number of nitrogens with one attached hydrogen (secondary N) is 1. The van der Waals surface area contributed by atoms with Crippen LogP contribution in [0.2, 0.25) is 0 Å². The summed E-state index contributed by atoms with van der Waals surface area (Å²) in [4.78, 5) is 4.44. The van der Waals surface area contributed by atoms with Gasteiger partial charge in [-0.15, -0.1) is 0 Å². The Morgan fingerprint density at radius 3 is 3.12 bits per heavy atom. The van der Waals surface area contributed by atoms with Crippen LogP contribution in [-0.2, 0) is 11.3 Å². The van der Waals surface area contributed by atoms with E-state index in [1.54, 1.807) is 0 Å². The Labute approximate surface area is 101 Å². The first kappa shape index (κ1) is 11.2. The minimum absolute atomic E-state index is 0.418. The highest BCUT2D eigenvalue weighted by molar-refractivity contribution is 5.09. The zero-order chi connectivity index (χ0) is 11.7. The van der Waals surface area contributed by atoms with Crippen molar-refractivity contribution in [2.75, 3.05) is 6.61 Å². The van der Waals surface area contributed by atoms with Gasteiger partial charge in [-0.3, -0.25) is 0 Å². The number of nitrogens with zero attached hydrogens (tertiary/aromatic N) is 2. The average Bonchev–Trinajstić information content (AvgIpc) is 3.04. The minimum atomic E-state index is 0.418. The molecule has 3 heterocycles. The van der Waals surface area contributed by atoms with Gasteiger partial charge in [-0.1, -0.05) is 12.1 Å². The molecule has 0 aromatic carbocycles. The van der Waals surface area contributed by atoms with Gasteiger partial charge in [0.1, 0.15) is 6.61 Å². The highest BCUT2D eigenvalue weighted by atomic mass is 16.5. The second-order valence-electron chi connectivity index (χ2n) is 4.99. The SMILES string of the molecule is CCCOCc1noc(C2CC3CCC2N3)n1. The van der Waals surface area contributed by atoms with E-state index in [1.807, 2.05) is 0 Å². The average molecular weight is 237 g/mol. The third kappa shape index (κ3) is 2.21. The fourth-order valence-corrected chi connectivity index (χ4v) is 2.88. The van der Waals surface area contributed by atoms with Gasteiger partial charge in [0.2, 0.25) is 5.89 Å². The van der Waals surface area contributed by atoms with E-state index in [9.17, 15) is 0 Å². The molecule has 2 saturated heterocycles. The molecule has 2 aliphatic rings. The summed E-state index contributed by atoms with van der Waals surface area (Å²) in [5.74, 6) is 1.89. The summed E-state index contributed by atoms with van der Waals surface area (Å²) in [6.45, 7) is 3.30. The zero-order valence-corrected chi connectivity index (χ0v) is 10.2. The molecule has 2 aliphatic heterocycles. The summed E-state index contributed by atoms with van der Waals surface area (Å²) in [7, 11) is 0. The maximum atomic E-state index is 5.41. The van der Waals surface area contributed by atoms with E-state index in [2.05, 4.69) is 22.4 Å². The van der Waals surface area contributed by atoms with E-state index in [1.165, 1.54) is 12.8 Å². The molecule has 17 heavy (non-hydrogen) atoms. The number of ether oxygens (including phenoxy) is 1. The molecule has 0 amide bonds. The summed E-state index contributed by atoms with van der Waals surface area (Å²) in [5.41, 5.74) is 0. The van der Waals surface area contributed by atoms with Crippen molar-refractivity contribution in [2.45, 2.75) is 57.2 Å².